The zero-order chi connectivity index (χ0) is 11.7. The zero-order valence-corrected chi connectivity index (χ0v) is 9.71. The molecule has 1 aliphatic rings. The third kappa shape index (κ3) is 2.38. The molecule has 1 aromatic heterocycles. The monoisotopic (exact) mass is 239 g/mol. The Morgan fingerprint density at radius 2 is 2.44 bits per heavy atom. The van der Waals surface area contributed by atoms with Gasteiger partial charge in [0.05, 0.1) is 11.0 Å². The first-order valence-electron chi connectivity index (χ1n) is 5.11. The highest BCUT2D eigenvalue weighted by atomic mass is 32.1. The maximum Gasteiger partial charge on any atom is 0.274 e. The topological polar surface area (TPSA) is 81.2 Å². The third-order valence-corrected chi connectivity index (χ3v) is 2.80. The van der Waals surface area contributed by atoms with Crippen molar-refractivity contribution in [1.29, 1.82) is 0 Å². The van der Waals surface area contributed by atoms with Crippen LogP contribution in [0.15, 0.2) is 10.6 Å². The predicted molar refractivity (Wildman–Crippen MR) is 62.0 cm³/mol. The molecule has 0 saturated heterocycles. The van der Waals surface area contributed by atoms with E-state index in [1.165, 1.54) is 0 Å². The van der Waals surface area contributed by atoms with Gasteiger partial charge in [0.15, 0.2) is 5.69 Å². The van der Waals surface area contributed by atoms with E-state index in [0.29, 0.717) is 16.7 Å². The van der Waals surface area contributed by atoms with Crippen LogP contribution in [0, 0.1) is 12.8 Å². The van der Waals surface area contributed by atoms with E-state index < -0.39 is 0 Å². The van der Waals surface area contributed by atoms with E-state index in [1.54, 1.807) is 13.0 Å². The van der Waals surface area contributed by atoms with E-state index in [2.05, 4.69) is 10.5 Å². The van der Waals surface area contributed by atoms with E-state index >= 15 is 0 Å². The summed E-state index contributed by atoms with van der Waals surface area (Å²) in [6.07, 6.45) is 2.11. The second-order valence-electron chi connectivity index (χ2n) is 4.01. The third-order valence-electron chi connectivity index (χ3n) is 2.55. The van der Waals surface area contributed by atoms with Gasteiger partial charge in [-0.15, -0.1) is 0 Å². The number of thiocarbonyl (C=S) groups is 1. The molecular formula is C10H13N3O2S. The van der Waals surface area contributed by atoms with Gasteiger partial charge in [0.1, 0.15) is 5.76 Å². The number of nitrogens with two attached hydrogens (primary N) is 1. The lowest BCUT2D eigenvalue weighted by Crippen LogP contribution is -2.45. The van der Waals surface area contributed by atoms with Crippen LogP contribution in [-0.4, -0.2) is 22.1 Å². The fourth-order valence-electron chi connectivity index (χ4n) is 1.54. The molecule has 1 unspecified atom stereocenters. The Labute approximate surface area is 98.4 Å². The molecule has 1 atom stereocenters. The van der Waals surface area contributed by atoms with Crippen LogP contribution in [-0.2, 0) is 0 Å². The lowest BCUT2D eigenvalue weighted by Gasteiger charge is -2.15. The maximum atomic E-state index is 11.8. The highest BCUT2D eigenvalue weighted by molar-refractivity contribution is 7.80. The van der Waals surface area contributed by atoms with E-state index in [9.17, 15) is 4.79 Å². The summed E-state index contributed by atoms with van der Waals surface area (Å²) in [6, 6.07) is 1.36. The van der Waals surface area contributed by atoms with Gasteiger partial charge in [0, 0.05) is 6.07 Å². The average Bonchev–Trinajstić information content (AvgIpc) is 2.96. The van der Waals surface area contributed by atoms with Crippen molar-refractivity contribution in [2.45, 2.75) is 25.8 Å². The van der Waals surface area contributed by atoms with Crippen LogP contribution < -0.4 is 11.1 Å². The summed E-state index contributed by atoms with van der Waals surface area (Å²) in [4.78, 5) is 12.1. The molecular weight excluding hydrogens is 226 g/mol. The van der Waals surface area contributed by atoms with Gasteiger partial charge in [-0.25, -0.2) is 0 Å². The molecule has 5 nitrogen and oxygen atoms in total. The quantitative estimate of drug-likeness (QED) is 0.759. The second kappa shape index (κ2) is 4.21. The van der Waals surface area contributed by atoms with Gasteiger partial charge >= 0.3 is 0 Å². The van der Waals surface area contributed by atoms with Gasteiger partial charge in [-0.05, 0) is 25.7 Å². The van der Waals surface area contributed by atoms with Crippen molar-refractivity contribution in [3.05, 3.63) is 17.5 Å². The molecule has 2 rings (SSSR count). The Balaban J connectivity index is 2.02. The van der Waals surface area contributed by atoms with Gasteiger partial charge in [-0.2, -0.15) is 0 Å². The molecule has 0 spiro atoms. The van der Waals surface area contributed by atoms with Crippen LogP contribution in [0.4, 0.5) is 0 Å². The molecule has 1 aromatic rings. The molecule has 3 N–H and O–H groups in total. The van der Waals surface area contributed by atoms with Crippen LogP contribution in [0.2, 0.25) is 0 Å². The first-order valence-corrected chi connectivity index (χ1v) is 5.52. The summed E-state index contributed by atoms with van der Waals surface area (Å²) in [5, 5.41) is 6.42. The molecule has 16 heavy (non-hydrogen) atoms. The number of amides is 1. The number of nitrogens with zero attached hydrogens (tertiary/aromatic N) is 1. The molecule has 1 heterocycles. The largest absolute Gasteiger partial charge is 0.392 e. The van der Waals surface area contributed by atoms with Crippen molar-refractivity contribution in [1.82, 2.24) is 10.5 Å². The van der Waals surface area contributed by atoms with E-state index in [1.807, 2.05) is 0 Å². The van der Waals surface area contributed by atoms with Crippen molar-refractivity contribution in [2.24, 2.45) is 11.7 Å². The lowest BCUT2D eigenvalue weighted by molar-refractivity contribution is 0.0934. The van der Waals surface area contributed by atoms with Crippen LogP contribution in [0.1, 0.15) is 29.1 Å². The fraction of sp³-hybridized carbons (Fsp3) is 0.500. The molecule has 1 saturated carbocycles. The smallest absolute Gasteiger partial charge is 0.274 e. The Hall–Kier alpha value is -1.43. The van der Waals surface area contributed by atoms with Crippen molar-refractivity contribution in [2.75, 3.05) is 0 Å². The number of nitrogens with one attached hydrogen (secondary N) is 1. The number of rotatable bonds is 4. The van der Waals surface area contributed by atoms with E-state index in [4.69, 9.17) is 22.5 Å². The maximum absolute atomic E-state index is 11.8. The summed E-state index contributed by atoms with van der Waals surface area (Å²) >= 11 is 4.93. The van der Waals surface area contributed by atoms with Gasteiger partial charge in [0.2, 0.25) is 0 Å². The number of carbonyl (C=O) groups is 1. The van der Waals surface area contributed by atoms with Gasteiger partial charge in [0.25, 0.3) is 5.91 Å². The molecule has 0 radical (unpaired) electrons. The van der Waals surface area contributed by atoms with Gasteiger partial charge in [-0.3, -0.25) is 4.79 Å². The number of carbonyl (C=O) groups excluding carboxylic acids is 1. The highest BCUT2D eigenvalue weighted by Gasteiger charge is 2.34. The SMILES string of the molecule is Cc1cc(C(=O)NC(C(N)=S)C2CC2)no1. The highest BCUT2D eigenvalue weighted by Crippen LogP contribution is 2.32. The minimum Gasteiger partial charge on any atom is -0.392 e. The zero-order valence-electron chi connectivity index (χ0n) is 8.90. The van der Waals surface area contributed by atoms with Crippen molar-refractivity contribution in [3.63, 3.8) is 0 Å². The summed E-state index contributed by atoms with van der Waals surface area (Å²) < 4.78 is 4.83. The lowest BCUT2D eigenvalue weighted by atomic mass is 10.2. The molecule has 86 valence electrons. The number of aromatic nitrogens is 1. The fourth-order valence-corrected chi connectivity index (χ4v) is 1.79. The van der Waals surface area contributed by atoms with Gasteiger partial charge in [-0.1, -0.05) is 17.4 Å². The minimum atomic E-state index is -0.290. The van der Waals surface area contributed by atoms with Crippen LogP contribution in [0.5, 0.6) is 0 Å². The second-order valence-corrected chi connectivity index (χ2v) is 4.49. The van der Waals surface area contributed by atoms with Crippen molar-refractivity contribution >= 4 is 23.1 Å². The average molecular weight is 239 g/mol. The summed E-state index contributed by atoms with van der Waals surface area (Å²) in [5.74, 6) is 0.694. The number of hydrogen-bond acceptors (Lipinski definition) is 4. The van der Waals surface area contributed by atoms with Crippen molar-refractivity contribution in [3.8, 4) is 0 Å². The number of aryl methyl sites for hydroxylation is 1. The molecule has 1 aliphatic carbocycles. The Kier molecular flexibility index (Phi) is 2.91. The summed E-state index contributed by atoms with van der Waals surface area (Å²) in [5.41, 5.74) is 5.85. The standard InChI is InChI=1S/C10H13N3O2S/c1-5-4-7(13-15-5)10(14)12-8(9(11)16)6-2-3-6/h4,6,8H,2-3H2,1H3,(H2,11,16)(H,12,14). The molecule has 1 amide bonds. The molecule has 6 heteroatoms. The summed E-state index contributed by atoms with van der Waals surface area (Å²) in [7, 11) is 0. The molecule has 0 bridgehead atoms. The first kappa shape index (κ1) is 11.1. The van der Waals surface area contributed by atoms with Crippen molar-refractivity contribution < 1.29 is 9.32 Å². The minimum absolute atomic E-state index is 0.223. The van der Waals surface area contributed by atoms with E-state index in [0.717, 1.165) is 12.8 Å². The molecule has 0 aliphatic heterocycles. The normalized spacial score (nSPS) is 16.8. The van der Waals surface area contributed by atoms with Crippen LogP contribution >= 0.6 is 12.2 Å². The number of hydrogen-bond donors (Lipinski definition) is 2. The Morgan fingerprint density at radius 1 is 1.75 bits per heavy atom. The summed E-state index contributed by atoms with van der Waals surface area (Å²) in [6.45, 7) is 1.73. The predicted octanol–water partition coefficient (Wildman–Crippen LogP) is 0.778. The Morgan fingerprint density at radius 3 is 2.88 bits per heavy atom. The Bertz CT molecular complexity index is 425. The van der Waals surface area contributed by atoms with Crippen LogP contribution in [0.25, 0.3) is 0 Å². The molecule has 0 aromatic carbocycles. The first-order chi connectivity index (χ1) is 7.58. The van der Waals surface area contributed by atoms with Gasteiger partial charge < -0.3 is 15.6 Å². The van der Waals surface area contributed by atoms with Crippen LogP contribution in [0.3, 0.4) is 0 Å². The van der Waals surface area contributed by atoms with E-state index in [-0.39, 0.29) is 17.6 Å². The molecule has 1 fully saturated rings.